The molecule has 3 heteroatoms. The van der Waals surface area contributed by atoms with Crippen molar-refractivity contribution in [2.24, 2.45) is 11.7 Å². The average molecular weight is 229 g/mol. The van der Waals surface area contributed by atoms with E-state index >= 15 is 0 Å². The van der Waals surface area contributed by atoms with Crippen molar-refractivity contribution >= 4 is 0 Å². The highest BCUT2D eigenvalue weighted by Gasteiger charge is 2.24. The lowest BCUT2D eigenvalue weighted by atomic mass is 9.89. The number of rotatable bonds is 3. The minimum Gasteiger partial charge on any atom is -0.327 e. The van der Waals surface area contributed by atoms with Crippen LogP contribution < -0.4 is 5.73 Å². The minimum absolute atomic E-state index is 0.214. The van der Waals surface area contributed by atoms with Gasteiger partial charge in [0.25, 0.3) is 0 Å². The van der Waals surface area contributed by atoms with Crippen LogP contribution in [0.25, 0.3) is 0 Å². The molecule has 0 aromatic heterocycles. The first-order valence-corrected chi connectivity index (χ1v) is 6.16. The average Bonchev–Trinajstić information content (AvgIpc) is 2.30. The standard InChI is InChI=1S/C14H19N3/c15-6-7-17-10-13(9-14(16)11-17)8-12-4-2-1-3-5-12/h1-5,13-14H,7-11,16H2. The zero-order valence-electron chi connectivity index (χ0n) is 10.0. The second-order valence-corrected chi connectivity index (χ2v) is 4.90. The molecule has 0 spiro atoms. The predicted molar refractivity (Wildman–Crippen MR) is 68.3 cm³/mol. The SMILES string of the molecule is N#CCN1CC(N)CC(Cc2ccccc2)C1. The summed E-state index contributed by atoms with van der Waals surface area (Å²) in [5, 5.41) is 8.75. The predicted octanol–water partition coefficient (Wildman–Crippen LogP) is 1.40. The first kappa shape index (κ1) is 12.1. The normalized spacial score (nSPS) is 25.4. The summed E-state index contributed by atoms with van der Waals surface area (Å²) >= 11 is 0. The summed E-state index contributed by atoms with van der Waals surface area (Å²) in [6.07, 6.45) is 2.13. The van der Waals surface area contributed by atoms with Crippen LogP contribution >= 0.6 is 0 Å². The number of nitrogens with two attached hydrogens (primary N) is 1. The summed E-state index contributed by atoms with van der Waals surface area (Å²) in [5.74, 6) is 0.578. The van der Waals surface area contributed by atoms with E-state index in [9.17, 15) is 0 Å². The Kier molecular flexibility index (Phi) is 4.13. The fourth-order valence-corrected chi connectivity index (χ4v) is 2.67. The maximum atomic E-state index is 8.75. The topological polar surface area (TPSA) is 53.0 Å². The molecule has 3 nitrogen and oxygen atoms in total. The van der Waals surface area contributed by atoms with Crippen LogP contribution in [0, 0.1) is 17.2 Å². The molecule has 1 heterocycles. The highest BCUT2D eigenvalue weighted by atomic mass is 15.1. The summed E-state index contributed by atoms with van der Waals surface area (Å²) in [5.41, 5.74) is 7.41. The van der Waals surface area contributed by atoms with Crippen LogP contribution in [-0.2, 0) is 6.42 Å². The summed E-state index contributed by atoms with van der Waals surface area (Å²) in [7, 11) is 0. The Hall–Kier alpha value is -1.37. The van der Waals surface area contributed by atoms with E-state index < -0.39 is 0 Å². The first-order chi connectivity index (χ1) is 8.28. The molecule has 17 heavy (non-hydrogen) atoms. The van der Waals surface area contributed by atoms with E-state index in [2.05, 4.69) is 35.2 Å². The molecule has 2 atom stereocenters. The smallest absolute Gasteiger partial charge is 0.0866 e. The van der Waals surface area contributed by atoms with Crippen molar-refractivity contribution in [2.45, 2.75) is 18.9 Å². The Balaban J connectivity index is 1.94. The Bertz CT molecular complexity index is 382. The van der Waals surface area contributed by atoms with Gasteiger partial charge in [-0.2, -0.15) is 5.26 Å². The van der Waals surface area contributed by atoms with E-state index in [0.29, 0.717) is 12.5 Å². The van der Waals surface area contributed by atoms with Gasteiger partial charge in [0, 0.05) is 19.1 Å². The zero-order chi connectivity index (χ0) is 12.1. The fraction of sp³-hybridized carbons (Fsp3) is 0.500. The van der Waals surface area contributed by atoms with E-state index in [1.54, 1.807) is 0 Å². The number of piperidine rings is 1. The van der Waals surface area contributed by atoms with E-state index in [-0.39, 0.29) is 6.04 Å². The molecule has 0 saturated carbocycles. The number of nitrogens with zero attached hydrogens (tertiary/aromatic N) is 2. The van der Waals surface area contributed by atoms with Crippen molar-refractivity contribution in [1.29, 1.82) is 5.26 Å². The molecule has 1 aliphatic rings. The number of nitriles is 1. The molecule has 2 rings (SSSR count). The van der Waals surface area contributed by atoms with Crippen molar-refractivity contribution in [2.75, 3.05) is 19.6 Å². The van der Waals surface area contributed by atoms with E-state index in [0.717, 1.165) is 25.9 Å². The lowest BCUT2D eigenvalue weighted by molar-refractivity contribution is 0.172. The van der Waals surface area contributed by atoms with Crippen LogP contribution in [-0.4, -0.2) is 30.6 Å². The molecule has 1 aromatic rings. The molecule has 0 amide bonds. The van der Waals surface area contributed by atoms with E-state index in [4.69, 9.17) is 11.0 Å². The third-order valence-electron chi connectivity index (χ3n) is 3.31. The van der Waals surface area contributed by atoms with Crippen LogP contribution in [0.3, 0.4) is 0 Å². The van der Waals surface area contributed by atoms with Gasteiger partial charge in [0.15, 0.2) is 0 Å². The molecular formula is C14H19N3. The Morgan fingerprint density at radius 3 is 2.76 bits per heavy atom. The highest BCUT2D eigenvalue weighted by Crippen LogP contribution is 2.20. The lowest BCUT2D eigenvalue weighted by Crippen LogP contribution is -2.47. The maximum absolute atomic E-state index is 8.75. The molecule has 0 aliphatic carbocycles. The van der Waals surface area contributed by atoms with E-state index in [1.807, 2.05) is 6.07 Å². The molecule has 90 valence electrons. The highest BCUT2D eigenvalue weighted by molar-refractivity contribution is 5.15. The quantitative estimate of drug-likeness (QED) is 0.797. The monoisotopic (exact) mass is 229 g/mol. The van der Waals surface area contributed by atoms with Crippen LogP contribution in [0.5, 0.6) is 0 Å². The molecule has 0 radical (unpaired) electrons. The van der Waals surface area contributed by atoms with Gasteiger partial charge in [0.2, 0.25) is 0 Å². The molecule has 0 bridgehead atoms. The Morgan fingerprint density at radius 1 is 1.29 bits per heavy atom. The molecule has 1 saturated heterocycles. The zero-order valence-corrected chi connectivity index (χ0v) is 10.0. The summed E-state index contributed by atoms with van der Waals surface area (Å²) in [4.78, 5) is 2.17. The van der Waals surface area contributed by atoms with Crippen LogP contribution in [0.4, 0.5) is 0 Å². The molecular weight excluding hydrogens is 210 g/mol. The summed E-state index contributed by atoms with van der Waals surface area (Å²) in [6.45, 7) is 2.36. The molecule has 2 N–H and O–H groups in total. The van der Waals surface area contributed by atoms with Gasteiger partial charge in [-0.3, -0.25) is 4.90 Å². The van der Waals surface area contributed by atoms with Gasteiger partial charge >= 0.3 is 0 Å². The first-order valence-electron chi connectivity index (χ1n) is 6.16. The van der Waals surface area contributed by atoms with Gasteiger partial charge in [-0.1, -0.05) is 30.3 Å². The van der Waals surface area contributed by atoms with E-state index in [1.165, 1.54) is 5.56 Å². The van der Waals surface area contributed by atoms with Crippen molar-refractivity contribution < 1.29 is 0 Å². The molecule has 1 fully saturated rings. The molecule has 1 aromatic carbocycles. The number of hydrogen-bond donors (Lipinski definition) is 1. The van der Waals surface area contributed by atoms with Crippen LogP contribution in [0.15, 0.2) is 30.3 Å². The maximum Gasteiger partial charge on any atom is 0.0866 e. The number of likely N-dealkylation sites (tertiary alicyclic amines) is 1. The van der Waals surface area contributed by atoms with Gasteiger partial charge in [0.05, 0.1) is 12.6 Å². The largest absolute Gasteiger partial charge is 0.327 e. The van der Waals surface area contributed by atoms with Gasteiger partial charge < -0.3 is 5.73 Å². The lowest BCUT2D eigenvalue weighted by Gasteiger charge is -2.35. The Labute approximate surface area is 103 Å². The third kappa shape index (κ3) is 3.55. The molecule has 2 unspecified atom stereocenters. The number of benzene rings is 1. The van der Waals surface area contributed by atoms with Crippen molar-refractivity contribution in [3.63, 3.8) is 0 Å². The van der Waals surface area contributed by atoms with Gasteiger partial charge in [-0.15, -0.1) is 0 Å². The second kappa shape index (κ2) is 5.81. The summed E-state index contributed by atoms with van der Waals surface area (Å²) in [6, 6.07) is 12.9. The molecule has 1 aliphatic heterocycles. The van der Waals surface area contributed by atoms with Crippen LogP contribution in [0.2, 0.25) is 0 Å². The van der Waals surface area contributed by atoms with Gasteiger partial charge in [-0.05, 0) is 24.3 Å². The van der Waals surface area contributed by atoms with Crippen molar-refractivity contribution in [3.05, 3.63) is 35.9 Å². The minimum atomic E-state index is 0.214. The Morgan fingerprint density at radius 2 is 2.06 bits per heavy atom. The summed E-state index contributed by atoms with van der Waals surface area (Å²) < 4.78 is 0. The van der Waals surface area contributed by atoms with Crippen molar-refractivity contribution in [3.8, 4) is 6.07 Å². The third-order valence-corrected chi connectivity index (χ3v) is 3.31. The second-order valence-electron chi connectivity index (χ2n) is 4.90. The van der Waals surface area contributed by atoms with Crippen LogP contribution in [0.1, 0.15) is 12.0 Å². The van der Waals surface area contributed by atoms with Gasteiger partial charge in [-0.25, -0.2) is 0 Å². The fourth-order valence-electron chi connectivity index (χ4n) is 2.67. The van der Waals surface area contributed by atoms with Crippen molar-refractivity contribution in [1.82, 2.24) is 4.90 Å². The van der Waals surface area contributed by atoms with Gasteiger partial charge in [0.1, 0.15) is 0 Å². The number of hydrogen-bond acceptors (Lipinski definition) is 3.